The third-order valence-corrected chi connectivity index (χ3v) is 3.71. The Morgan fingerprint density at radius 1 is 1.50 bits per heavy atom. The number of aromatic nitrogens is 1. The van der Waals surface area contributed by atoms with Gasteiger partial charge in [-0.25, -0.2) is 4.98 Å². The average molecular weight is 236 g/mol. The van der Waals surface area contributed by atoms with Crippen molar-refractivity contribution in [3.05, 3.63) is 15.6 Å². The molecule has 0 aromatic carbocycles. The summed E-state index contributed by atoms with van der Waals surface area (Å²) in [6.45, 7) is 7.27. The molecular weight excluding hydrogens is 216 g/mol. The number of hydrogen-bond donors (Lipinski definition) is 1. The van der Waals surface area contributed by atoms with Gasteiger partial charge in [0.25, 0.3) is 0 Å². The van der Waals surface area contributed by atoms with E-state index < -0.39 is 0 Å². The Bertz CT molecular complexity index is 362. The second-order valence-electron chi connectivity index (χ2n) is 3.89. The first-order valence-corrected chi connectivity index (χ1v) is 6.61. The summed E-state index contributed by atoms with van der Waals surface area (Å²) >= 11 is 1.80. The lowest BCUT2D eigenvalue weighted by Gasteiger charge is -2.16. The standard InChI is InChI=1S/C13H20N2S/c1-5-7-8-9-12(14-6-2)13-10(3)15-11(4)16-13/h1,12,14H,6-9H2,2-4H3. The number of nitrogens with one attached hydrogen (secondary N) is 1. The van der Waals surface area contributed by atoms with E-state index in [1.165, 1.54) is 4.88 Å². The van der Waals surface area contributed by atoms with Crippen LogP contribution < -0.4 is 5.32 Å². The number of hydrogen-bond acceptors (Lipinski definition) is 3. The predicted octanol–water partition coefficient (Wildman–Crippen LogP) is 3.21. The summed E-state index contributed by atoms with van der Waals surface area (Å²) in [6.07, 6.45) is 8.31. The SMILES string of the molecule is C#CCCCC(NCC)c1sc(C)nc1C. The van der Waals surface area contributed by atoms with Crippen LogP contribution in [0.2, 0.25) is 0 Å². The Morgan fingerprint density at radius 2 is 2.25 bits per heavy atom. The van der Waals surface area contributed by atoms with Gasteiger partial charge in [-0.1, -0.05) is 6.92 Å². The highest BCUT2D eigenvalue weighted by atomic mass is 32.1. The van der Waals surface area contributed by atoms with Crippen LogP contribution >= 0.6 is 11.3 Å². The number of unbranched alkanes of at least 4 members (excludes halogenated alkanes) is 1. The number of rotatable bonds is 6. The third-order valence-electron chi connectivity index (χ3n) is 2.52. The molecule has 1 aromatic rings. The fraction of sp³-hybridized carbons (Fsp3) is 0.615. The fourth-order valence-corrected chi connectivity index (χ4v) is 2.89. The van der Waals surface area contributed by atoms with Gasteiger partial charge in [0, 0.05) is 17.3 Å². The van der Waals surface area contributed by atoms with Crippen LogP contribution in [-0.4, -0.2) is 11.5 Å². The summed E-state index contributed by atoms with van der Waals surface area (Å²) in [5, 5.41) is 4.66. The largest absolute Gasteiger partial charge is 0.309 e. The molecule has 88 valence electrons. The molecule has 2 nitrogen and oxygen atoms in total. The molecule has 1 unspecified atom stereocenters. The maximum Gasteiger partial charge on any atom is 0.0900 e. The van der Waals surface area contributed by atoms with E-state index in [9.17, 15) is 0 Å². The Balaban J connectivity index is 2.69. The normalized spacial score (nSPS) is 12.4. The van der Waals surface area contributed by atoms with E-state index in [0.717, 1.165) is 36.5 Å². The van der Waals surface area contributed by atoms with Crippen LogP contribution in [0, 0.1) is 26.2 Å². The summed E-state index contributed by atoms with van der Waals surface area (Å²) in [4.78, 5) is 5.85. The molecular formula is C13H20N2S. The number of terminal acetylenes is 1. The maximum atomic E-state index is 5.28. The Kier molecular flexibility index (Phi) is 5.51. The maximum absolute atomic E-state index is 5.28. The van der Waals surface area contributed by atoms with Crippen molar-refractivity contribution in [2.45, 2.75) is 46.1 Å². The number of nitrogens with zero attached hydrogens (tertiary/aromatic N) is 1. The van der Waals surface area contributed by atoms with E-state index in [4.69, 9.17) is 6.42 Å². The van der Waals surface area contributed by atoms with Crippen molar-refractivity contribution in [2.24, 2.45) is 0 Å². The minimum Gasteiger partial charge on any atom is -0.309 e. The second-order valence-corrected chi connectivity index (χ2v) is 5.12. The fourth-order valence-electron chi connectivity index (χ4n) is 1.85. The molecule has 16 heavy (non-hydrogen) atoms. The lowest BCUT2D eigenvalue weighted by Crippen LogP contribution is -2.20. The molecule has 0 amide bonds. The van der Waals surface area contributed by atoms with Crippen molar-refractivity contribution in [3.63, 3.8) is 0 Å². The van der Waals surface area contributed by atoms with Gasteiger partial charge >= 0.3 is 0 Å². The molecule has 0 aliphatic carbocycles. The van der Waals surface area contributed by atoms with Crippen LogP contribution in [0.3, 0.4) is 0 Å². The highest BCUT2D eigenvalue weighted by Gasteiger charge is 2.15. The van der Waals surface area contributed by atoms with Crippen molar-refractivity contribution < 1.29 is 0 Å². The van der Waals surface area contributed by atoms with Crippen LogP contribution in [0.25, 0.3) is 0 Å². The van der Waals surface area contributed by atoms with E-state index in [-0.39, 0.29) is 0 Å². The molecule has 0 radical (unpaired) electrons. The molecule has 1 aromatic heterocycles. The average Bonchev–Trinajstić information content (AvgIpc) is 2.57. The molecule has 0 aliphatic rings. The Morgan fingerprint density at radius 3 is 2.75 bits per heavy atom. The van der Waals surface area contributed by atoms with Gasteiger partial charge in [0.1, 0.15) is 0 Å². The van der Waals surface area contributed by atoms with Crippen LogP contribution in [0.5, 0.6) is 0 Å². The summed E-state index contributed by atoms with van der Waals surface area (Å²) in [5.41, 5.74) is 1.16. The van der Waals surface area contributed by atoms with Gasteiger partial charge in [0.05, 0.1) is 10.7 Å². The Hall–Kier alpha value is -0.850. The highest BCUT2D eigenvalue weighted by molar-refractivity contribution is 7.11. The van der Waals surface area contributed by atoms with E-state index >= 15 is 0 Å². The topological polar surface area (TPSA) is 24.9 Å². The molecule has 0 saturated carbocycles. The quantitative estimate of drug-likeness (QED) is 0.606. The molecule has 1 rings (SSSR count). The second kappa shape index (κ2) is 6.67. The molecule has 0 bridgehead atoms. The van der Waals surface area contributed by atoms with E-state index in [2.05, 4.69) is 37.0 Å². The molecule has 1 atom stereocenters. The van der Waals surface area contributed by atoms with Gasteiger partial charge in [-0.05, 0) is 33.2 Å². The van der Waals surface area contributed by atoms with Crippen LogP contribution in [0.4, 0.5) is 0 Å². The van der Waals surface area contributed by atoms with Crippen LogP contribution in [0.15, 0.2) is 0 Å². The van der Waals surface area contributed by atoms with Crippen molar-refractivity contribution >= 4 is 11.3 Å². The van der Waals surface area contributed by atoms with E-state index in [1.54, 1.807) is 11.3 Å². The van der Waals surface area contributed by atoms with Gasteiger partial charge < -0.3 is 5.32 Å². The number of aryl methyl sites for hydroxylation is 2. The van der Waals surface area contributed by atoms with E-state index in [0.29, 0.717) is 6.04 Å². The van der Waals surface area contributed by atoms with Gasteiger partial charge in [0.2, 0.25) is 0 Å². The summed E-state index contributed by atoms with van der Waals surface area (Å²) in [5.74, 6) is 2.70. The van der Waals surface area contributed by atoms with Crippen molar-refractivity contribution in [1.82, 2.24) is 10.3 Å². The minimum absolute atomic E-state index is 0.421. The lowest BCUT2D eigenvalue weighted by atomic mass is 10.1. The van der Waals surface area contributed by atoms with Crippen LogP contribution in [-0.2, 0) is 0 Å². The highest BCUT2D eigenvalue weighted by Crippen LogP contribution is 2.28. The zero-order valence-corrected chi connectivity index (χ0v) is 11.2. The molecule has 0 fully saturated rings. The van der Waals surface area contributed by atoms with Gasteiger partial charge in [-0.2, -0.15) is 0 Å². The summed E-state index contributed by atoms with van der Waals surface area (Å²) < 4.78 is 0. The predicted molar refractivity (Wildman–Crippen MR) is 70.7 cm³/mol. The first kappa shape index (κ1) is 13.2. The van der Waals surface area contributed by atoms with Crippen molar-refractivity contribution in [2.75, 3.05) is 6.54 Å². The van der Waals surface area contributed by atoms with Gasteiger partial charge in [0.15, 0.2) is 0 Å². The molecule has 0 saturated heterocycles. The monoisotopic (exact) mass is 236 g/mol. The van der Waals surface area contributed by atoms with Crippen molar-refractivity contribution in [1.29, 1.82) is 0 Å². The van der Waals surface area contributed by atoms with Gasteiger partial charge in [-0.15, -0.1) is 23.7 Å². The molecule has 1 heterocycles. The van der Waals surface area contributed by atoms with Crippen molar-refractivity contribution in [3.8, 4) is 12.3 Å². The van der Waals surface area contributed by atoms with Gasteiger partial charge in [-0.3, -0.25) is 0 Å². The first-order chi connectivity index (χ1) is 7.69. The number of thiazole rings is 1. The summed E-state index contributed by atoms with van der Waals surface area (Å²) in [7, 11) is 0. The third kappa shape index (κ3) is 3.62. The zero-order chi connectivity index (χ0) is 12.0. The Labute approximate surface area is 102 Å². The van der Waals surface area contributed by atoms with Crippen LogP contribution in [0.1, 0.15) is 47.8 Å². The molecule has 1 N–H and O–H groups in total. The molecule has 0 aliphatic heterocycles. The summed E-state index contributed by atoms with van der Waals surface area (Å²) in [6, 6.07) is 0.421. The minimum atomic E-state index is 0.421. The lowest BCUT2D eigenvalue weighted by molar-refractivity contribution is 0.506. The zero-order valence-electron chi connectivity index (χ0n) is 10.3. The molecule has 3 heteroatoms. The molecule has 0 spiro atoms. The first-order valence-electron chi connectivity index (χ1n) is 5.79. The van der Waals surface area contributed by atoms with E-state index in [1.807, 2.05) is 0 Å². The smallest absolute Gasteiger partial charge is 0.0900 e.